The van der Waals surface area contributed by atoms with Crippen LogP contribution in [0.3, 0.4) is 0 Å². The molecular formula is C22H31N. The Kier molecular flexibility index (Phi) is 5.96. The lowest BCUT2D eigenvalue weighted by Crippen LogP contribution is -2.12. The number of hydrogen-bond acceptors (Lipinski definition) is 1. The molecule has 0 saturated carbocycles. The number of nitrogen functional groups attached to an aromatic ring is 1. The maximum absolute atomic E-state index is 5.82. The Morgan fingerprint density at radius 3 is 2.52 bits per heavy atom. The quantitative estimate of drug-likeness (QED) is 0.426. The Morgan fingerprint density at radius 1 is 0.957 bits per heavy atom. The highest BCUT2D eigenvalue weighted by Gasteiger charge is 2.21. The van der Waals surface area contributed by atoms with Crippen molar-refractivity contribution in [1.82, 2.24) is 0 Å². The molecule has 0 spiro atoms. The summed E-state index contributed by atoms with van der Waals surface area (Å²) in [7, 11) is 0. The van der Waals surface area contributed by atoms with Crippen LogP contribution in [0.25, 0.3) is 0 Å². The summed E-state index contributed by atoms with van der Waals surface area (Å²) in [5.74, 6) is 0.845. The number of benzene rings is 1. The highest BCUT2D eigenvalue weighted by molar-refractivity contribution is 5.40. The third kappa shape index (κ3) is 4.99. The van der Waals surface area contributed by atoms with Gasteiger partial charge in [0.1, 0.15) is 0 Å². The average molecular weight is 309 g/mol. The zero-order valence-electron chi connectivity index (χ0n) is 14.4. The molecule has 0 aliphatic heterocycles. The SMILES string of the molecule is Nc1cccc(CCCCCCCCC2C=CC3=C(CC3)C2)c1. The fraction of sp³-hybridized carbons (Fsp3) is 0.545. The van der Waals surface area contributed by atoms with Crippen LogP contribution < -0.4 is 5.73 Å². The van der Waals surface area contributed by atoms with Crippen molar-refractivity contribution in [2.24, 2.45) is 5.92 Å². The molecule has 1 aromatic rings. The van der Waals surface area contributed by atoms with Gasteiger partial charge in [0.05, 0.1) is 0 Å². The molecular weight excluding hydrogens is 278 g/mol. The molecule has 1 aromatic carbocycles. The van der Waals surface area contributed by atoms with Gasteiger partial charge < -0.3 is 5.73 Å². The molecule has 1 heteroatoms. The van der Waals surface area contributed by atoms with Gasteiger partial charge in [0.15, 0.2) is 0 Å². The number of aryl methyl sites for hydroxylation is 1. The van der Waals surface area contributed by atoms with Crippen molar-refractivity contribution < 1.29 is 0 Å². The summed E-state index contributed by atoms with van der Waals surface area (Å²) in [5, 5.41) is 0. The number of hydrogen-bond donors (Lipinski definition) is 1. The van der Waals surface area contributed by atoms with Crippen LogP contribution in [-0.2, 0) is 6.42 Å². The number of rotatable bonds is 9. The summed E-state index contributed by atoms with van der Waals surface area (Å²) in [6.45, 7) is 0. The van der Waals surface area contributed by atoms with Crippen LogP contribution in [0.2, 0.25) is 0 Å². The Morgan fingerprint density at radius 2 is 1.78 bits per heavy atom. The molecule has 1 unspecified atom stereocenters. The van der Waals surface area contributed by atoms with Crippen LogP contribution >= 0.6 is 0 Å². The minimum Gasteiger partial charge on any atom is -0.399 e. The van der Waals surface area contributed by atoms with Gasteiger partial charge in [0.25, 0.3) is 0 Å². The lowest BCUT2D eigenvalue weighted by molar-refractivity contribution is 0.494. The molecule has 124 valence electrons. The monoisotopic (exact) mass is 309 g/mol. The smallest absolute Gasteiger partial charge is 0.0316 e. The fourth-order valence-corrected chi connectivity index (χ4v) is 3.91. The summed E-state index contributed by atoms with van der Waals surface area (Å²) in [4.78, 5) is 0. The van der Waals surface area contributed by atoms with Crippen molar-refractivity contribution in [3.8, 4) is 0 Å². The third-order valence-corrected chi connectivity index (χ3v) is 5.47. The highest BCUT2D eigenvalue weighted by Crippen LogP contribution is 2.39. The predicted octanol–water partition coefficient (Wildman–Crippen LogP) is 6.21. The van der Waals surface area contributed by atoms with E-state index >= 15 is 0 Å². The van der Waals surface area contributed by atoms with Crippen LogP contribution in [0.1, 0.15) is 69.8 Å². The number of allylic oxidation sites excluding steroid dienone is 4. The van der Waals surface area contributed by atoms with Crippen molar-refractivity contribution in [3.63, 3.8) is 0 Å². The number of anilines is 1. The van der Waals surface area contributed by atoms with E-state index in [1.807, 2.05) is 6.07 Å². The van der Waals surface area contributed by atoms with E-state index in [0.717, 1.165) is 11.6 Å². The normalized spacial score (nSPS) is 19.6. The maximum Gasteiger partial charge on any atom is 0.0316 e. The molecule has 2 aliphatic rings. The zero-order valence-corrected chi connectivity index (χ0v) is 14.4. The second-order valence-electron chi connectivity index (χ2n) is 7.36. The Labute approximate surface area is 141 Å². The first-order valence-corrected chi connectivity index (χ1v) is 9.55. The second-order valence-corrected chi connectivity index (χ2v) is 7.36. The molecule has 2 aliphatic carbocycles. The van der Waals surface area contributed by atoms with Crippen LogP contribution in [0.5, 0.6) is 0 Å². The van der Waals surface area contributed by atoms with Gasteiger partial charge >= 0.3 is 0 Å². The van der Waals surface area contributed by atoms with Crippen LogP contribution in [0.4, 0.5) is 5.69 Å². The third-order valence-electron chi connectivity index (χ3n) is 5.47. The fourth-order valence-electron chi connectivity index (χ4n) is 3.91. The molecule has 2 N–H and O–H groups in total. The van der Waals surface area contributed by atoms with Crippen molar-refractivity contribution in [1.29, 1.82) is 0 Å². The van der Waals surface area contributed by atoms with E-state index in [4.69, 9.17) is 5.73 Å². The molecule has 1 atom stereocenters. The lowest BCUT2D eigenvalue weighted by atomic mass is 9.77. The number of nitrogens with two attached hydrogens (primary N) is 1. The molecule has 0 heterocycles. The topological polar surface area (TPSA) is 26.0 Å². The number of unbranched alkanes of at least 4 members (excludes halogenated alkanes) is 5. The van der Waals surface area contributed by atoms with E-state index in [9.17, 15) is 0 Å². The largest absolute Gasteiger partial charge is 0.399 e. The van der Waals surface area contributed by atoms with E-state index < -0.39 is 0 Å². The van der Waals surface area contributed by atoms with Crippen molar-refractivity contribution >= 4 is 5.69 Å². The average Bonchev–Trinajstić information content (AvgIpc) is 2.52. The van der Waals surface area contributed by atoms with Gasteiger partial charge in [0, 0.05) is 5.69 Å². The first-order chi connectivity index (χ1) is 11.3. The molecule has 0 bridgehead atoms. The van der Waals surface area contributed by atoms with Gasteiger partial charge in [-0.25, -0.2) is 0 Å². The van der Waals surface area contributed by atoms with Gasteiger partial charge in [0.2, 0.25) is 0 Å². The summed E-state index contributed by atoms with van der Waals surface area (Å²) < 4.78 is 0. The van der Waals surface area contributed by atoms with Crippen molar-refractivity contribution in [2.45, 2.75) is 70.6 Å². The summed E-state index contributed by atoms with van der Waals surface area (Å²) in [6.07, 6.45) is 19.8. The lowest BCUT2D eigenvalue weighted by Gasteiger charge is -2.29. The summed E-state index contributed by atoms with van der Waals surface area (Å²) in [5.41, 5.74) is 11.5. The van der Waals surface area contributed by atoms with Crippen molar-refractivity contribution in [3.05, 3.63) is 53.1 Å². The molecule has 0 saturated heterocycles. The van der Waals surface area contributed by atoms with E-state index in [0.29, 0.717) is 0 Å². The minimum absolute atomic E-state index is 0.845. The molecule has 23 heavy (non-hydrogen) atoms. The van der Waals surface area contributed by atoms with Crippen LogP contribution in [-0.4, -0.2) is 0 Å². The summed E-state index contributed by atoms with van der Waals surface area (Å²) in [6, 6.07) is 8.33. The van der Waals surface area contributed by atoms with E-state index in [1.165, 1.54) is 76.2 Å². The van der Waals surface area contributed by atoms with Crippen molar-refractivity contribution in [2.75, 3.05) is 5.73 Å². The molecule has 1 nitrogen and oxygen atoms in total. The van der Waals surface area contributed by atoms with Gasteiger partial charge in [-0.15, -0.1) is 0 Å². The Balaban J connectivity index is 1.18. The van der Waals surface area contributed by atoms with E-state index in [1.54, 1.807) is 11.1 Å². The van der Waals surface area contributed by atoms with Gasteiger partial charge in [-0.2, -0.15) is 0 Å². The molecule has 0 fully saturated rings. The second kappa shape index (κ2) is 8.38. The minimum atomic E-state index is 0.845. The van der Waals surface area contributed by atoms with Gasteiger partial charge in [-0.3, -0.25) is 0 Å². The maximum atomic E-state index is 5.82. The predicted molar refractivity (Wildman–Crippen MR) is 100 cm³/mol. The van der Waals surface area contributed by atoms with Gasteiger partial charge in [-0.1, -0.05) is 62.0 Å². The standard InChI is InChI=1S/C22H31N/c23-22-11-7-10-18(17-22)8-5-3-1-2-4-6-9-19-12-13-20-14-15-21(20)16-19/h7,10-13,17,19H,1-6,8-9,14-16,23H2. The van der Waals surface area contributed by atoms with Crippen LogP contribution in [0.15, 0.2) is 47.6 Å². The Bertz CT molecular complexity index is 567. The van der Waals surface area contributed by atoms with E-state index in [-0.39, 0.29) is 0 Å². The highest BCUT2D eigenvalue weighted by atomic mass is 14.5. The Hall–Kier alpha value is -1.50. The molecule has 0 amide bonds. The first-order valence-electron chi connectivity index (χ1n) is 9.55. The van der Waals surface area contributed by atoms with E-state index in [2.05, 4.69) is 30.4 Å². The molecule has 0 radical (unpaired) electrons. The molecule has 0 aromatic heterocycles. The summed E-state index contributed by atoms with van der Waals surface area (Å²) >= 11 is 0. The molecule has 3 rings (SSSR count). The van der Waals surface area contributed by atoms with Crippen LogP contribution in [0, 0.1) is 5.92 Å². The zero-order chi connectivity index (χ0) is 15.9. The van der Waals surface area contributed by atoms with Gasteiger partial charge in [-0.05, 0) is 67.7 Å². The first kappa shape index (κ1) is 16.4.